The average Bonchev–Trinajstić information content (AvgIpc) is 2.62. The lowest BCUT2D eigenvalue weighted by atomic mass is 9.83. The highest BCUT2D eigenvalue weighted by Gasteiger charge is 2.36. The van der Waals surface area contributed by atoms with E-state index in [2.05, 4.69) is 18.7 Å². The average molecular weight is 325 g/mol. The second kappa shape index (κ2) is 7.06. The Labute approximate surface area is 144 Å². The van der Waals surface area contributed by atoms with Gasteiger partial charge in [-0.3, -0.25) is 4.90 Å². The lowest BCUT2D eigenvalue weighted by Gasteiger charge is -2.42. The van der Waals surface area contributed by atoms with Gasteiger partial charge in [0, 0.05) is 19.1 Å². The van der Waals surface area contributed by atoms with Gasteiger partial charge in [0.1, 0.15) is 0 Å². The summed E-state index contributed by atoms with van der Waals surface area (Å²) in [6.07, 6.45) is 0.887. The predicted octanol–water partition coefficient (Wildman–Crippen LogP) is 3.40. The first kappa shape index (κ1) is 17.2. The Morgan fingerprint density at radius 1 is 0.958 bits per heavy atom. The quantitative estimate of drug-likeness (QED) is 0.905. The van der Waals surface area contributed by atoms with Crippen molar-refractivity contribution in [2.45, 2.75) is 44.4 Å². The monoisotopic (exact) mass is 325 g/mol. The van der Waals surface area contributed by atoms with Crippen LogP contribution < -0.4 is 0 Å². The van der Waals surface area contributed by atoms with Crippen LogP contribution in [0.25, 0.3) is 0 Å². The number of piperidine rings is 1. The number of likely N-dealkylation sites (tertiary alicyclic amines) is 1. The van der Waals surface area contributed by atoms with Gasteiger partial charge in [0.25, 0.3) is 0 Å². The van der Waals surface area contributed by atoms with E-state index in [0.29, 0.717) is 12.8 Å². The summed E-state index contributed by atoms with van der Waals surface area (Å²) in [6.45, 7) is 5.69. The first-order valence-corrected chi connectivity index (χ1v) is 8.76. The molecule has 0 radical (unpaired) electrons. The van der Waals surface area contributed by atoms with Gasteiger partial charge in [0.15, 0.2) is 0 Å². The molecule has 1 aliphatic heterocycles. The van der Waals surface area contributed by atoms with Gasteiger partial charge in [-0.15, -0.1) is 0 Å². The fourth-order valence-electron chi connectivity index (χ4n) is 3.58. The van der Waals surface area contributed by atoms with Crippen molar-refractivity contribution in [1.29, 1.82) is 0 Å². The minimum absolute atomic E-state index is 0.0352. The largest absolute Gasteiger partial charge is 0.387 e. The van der Waals surface area contributed by atoms with Crippen molar-refractivity contribution in [3.8, 4) is 0 Å². The lowest BCUT2D eigenvalue weighted by molar-refractivity contribution is -0.0501. The summed E-state index contributed by atoms with van der Waals surface area (Å²) in [4.78, 5) is 2.28. The van der Waals surface area contributed by atoms with Gasteiger partial charge in [-0.1, -0.05) is 60.2 Å². The van der Waals surface area contributed by atoms with Gasteiger partial charge in [0.05, 0.1) is 11.7 Å². The second-order valence-electron chi connectivity index (χ2n) is 7.03. The van der Waals surface area contributed by atoms with Crippen LogP contribution in [0, 0.1) is 6.92 Å². The molecule has 24 heavy (non-hydrogen) atoms. The fraction of sp³-hybridized carbons (Fsp3) is 0.429. The maximum atomic E-state index is 10.9. The molecule has 1 fully saturated rings. The maximum absolute atomic E-state index is 10.9. The van der Waals surface area contributed by atoms with Gasteiger partial charge >= 0.3 is 0 Å². The molecular weight excluding hydrogens is 298 g/mol. The van der Waals surface area contributed by atoms with Crippen LogP contribution in [0.15, 0.2) is 54.6 Å². The van der Waals surface area contributed by atoms with Crippen molar-refractivity contribution in [3.05, 3.63) is 71.3 Å². The SMILES string of the molecule is Cc1ccc([C@@H](O)[C@@H](C)N2CCC(O)(c3ccccc3)CC2)cc1. The third-order valence-corrected chi connectivity index (χ3v) is 5.39. The Bertz CT molecular complexity index is 645. The lowest BCUT2D eigenvalue weighted by Crippen LogP contribution is -2.47. The van der Waals surface area contributed by atoms with Crippen LogP contribution in [0.2, 0.25) is 0 Å². The van der Waals surface area contributed by atoms with Crippen molar-refractivity contribution >= 4 is 0 Å². The van der Waals surface area contributed by atoms with Crippen molar-refractivity contribution in [1.82, 2.24) is 4.90 Å². The summed E-state index contributed by atoms with van der Waals surface area (Å²) in [7, 11) is 0. The molecule has 0 bridgehead atoms. The summed E-state index contributed by atoms with van der Waals surface area (Å²) < 4.78 is 0. The third kappa shape index (κ3) is 3.54. The van der Waals surface area contributed by atoms with Crippen LogP contribution in [-0.2, 0) is 5.60 Å². The van der Waals surface area contributed by atoms with Crippen LogP contribution in [0.3, 0.4) is 0 Å². The van der Waals surface area contributed by atoms with E-state index in [1.165, 1.54) is 5.56 Å². The highest BCUT2D eigenvalue weighted by atomic mass is 16.3. The van der Waals surface area contributed by atoms with E-state index < -0.39 is 11.7 Å². The topological polar surface area (TPSA) is 43.7 Å². The summed E-state index contributed by atoms with van der Waals surface area (Å²) in [5, 5.41) is 21.6. The molecular formula is C21H27NO2. The molecule has 0 unspecified atom stereocenters. The minimum Gasteiger partial charge on any atom is -0.387 e. The number of hydrogen-bond acceptors (Lipinski definition) is 3. The fourth-order valence-corrected chi connectivity index (χ4v) is 3.58. The van der Waals surface area contributed by atoms with Crippen LogP contribution >= 0.6 is 0 Å². The second-order valence-corrected chi connectivity index (χ2v) is 7.03. The number of aliphatic hydroxyl groups excluding tert-OH is 1. The highest BCUT2D eigenvalue weighted by Crippen LogP contribution is 2.34. The molecule has 0 spiro atoms. The normalized spacial score (nSPS) is 20.5. The van der Waals surface area contributed by atoms with Gasteiger partial charge < -0.3 is 10.2 Å². The Morgan fingerprint density at radius 2 is 1.54 bits per heavy atom. The van der Waals surface area contributed by atoms with Crippen molar-refractivity contribution in [2.75, 3.05) is 13.1 Å². The molecule has 0 amide bonds. The molecule has 1 heterocycles. The molecule has 0 aromatic heterocycles. The molecule has 2 atom stereocenters. The Hall–Kier alpha value is -1.68. The van der Waals surface area contributed by atoms with Crippen LogP contribution in [0.1, 0.15) is 42.6 Å². The van der Waals surface area contributed by atoms with Crippen LogP contribution in [0.5, 0.6) is 0 Å². The minimum atomic E-state index is -0.744. The Kier molecular flexibility index (Phi) is 5.04. The first-order valence-electron chi connectivity index (χ1n) is 8.76. The number of aryl methyl sites for hydroxylation is 1. The number of aliphatic hydroxyl groups is 2. The molecule has 0 aliphatic carbocycles. The van der Waals surface area contributed by atoms with Crippen LogP contribution in [-0.4, -0.2) is 34.2 Å². The number of nitrogens with zero attached hydrogens (tertiary/aromatic N) is 1. The number of hydrogen-bond donors (Lipinski definition) is 2. The first-order chi connectivity index (χ1) is 11.5. The van der Waals surface area contributed by atoms with E-state index in [-0.39, 0.29) is 6.04 Å². The van der Waals surface area contributed by atoms with E-state index in [0.717, 1.165) is 24.2 Å². The maximum Gasteiger partial charge on any atom is 0.0942 e. The van der Waals surface area contributed by atoms with E-state index in [1.807, 2.05) is 54.6 Å². The zero-order chi connectivity index (χ0) is 17.2. The molecule has 1 saturated heterocycles. The van der Waals surface area contributed by atoms with Gasteiger partial charge in [-0.25, -0.2) is 0 Å². The van der Waals surface area contributed by atoms with E-state index >= 15 is 0 Å². The molecule has 2 N–H and O–H groups in total. The number of benzene rings is 2. The van der Waals surface area contributed by atoms with E-state index in [4.69, 9.17) is 0 Å². The summed E-state index contributed by atoms with van der Waals surface area (Å²) in [6, 6.07) is 18.0. The van der Waals surface area contributed by atoms with E-state index in [1.54, 1.807) is 0 Å². The smallest absolute Gasteiger partial charge is 0.0942 e. The van der Waals surface area contributed by atoms with Gasteiger partial charge in [-0.05, 0) is 37.8 Å². The molecule has 2 aromatic rings. The molecule has 128 valence electrons. The zero-order valence-corrected chi connectivity index (χ0v) is 14.5. The molecule has 0 saturated carbocycles. The van der Waals surface area contributed by atoms with Crippen LogP contribution in [0.4, 0.5) is 0 Å². The number of rotatable bonds is 4. The molecule has 3 heteroatoms. The Balaban J connectivity index is 1.64. The van der Waals surface area contributed by atoms with E-state index in [9.17, 15) is 10.2 Å². The highest BCUT2D eigenvalue weighted by molar-refractivity contribution is 5.25. The molecule has 1 aliphatic rings. The van der Waals surface area contributed by atoms with Gasteiger partial charge in [0.2, 0.25) is 0 Å². The van der Waals surface area contributed by atoms with Crippen molar-refractivity contribution in [3.63, 3.8) is 0 Å². The Morgan fingerprint density at radius 3 is 2.12 bits per heavy atom. The predicted molar refractivity (Wildman–Crippen MR) is 96.7 cm³/mol. The molecule has 2 aromatic carbocycles. The van der Waals surface area contributed by atoms with Crippen molar-refractivity contribution in [2.24, 2.45) is 0 Å². The third-order valence-electron chi connectivity index (χ3n) is 5.39. The van der Waals surface area contributed by atoms with Crippen molar-refractivity contribution < 1.29 is 10.2 Å². The summed E-state index contributed by atoms with van der Waals surface area (Å²) >= 11 is 0. The summed E-state index contributed by atoms with van der Waals surface area (Å²) in [5.74, 6) is 0. The molecule has 3 nitrogen and oxygen atoms in total. The standard InChI is InChI=1S/C21H27NO2/c1-16-8-10-18(11-9-16)20(23)17(2)22-14-12-21(24,13-15-22)19-6-4-3-5-7-19/h3-11,17,20,23-24H,12-15H2,1-2H3/t17-,20+/m1/s1. The zero-order valence-electron chi connectivity index (χ0n) is 14.5. The summed E-state index contributed by atoms with van der Waals surface area (Å²) in [5.41, 5.74) is 2.41. The molecule has 3 rings (SSSR count). The van der Waals surface area contributed by atoms with Gasteiger partial charge in [-0.2, -0.15) is 0 Å².